The summed E-state index contributed by atoms with van der Waals surface area (Å²) in [6.07, 6.45) is 7.10. The lowest BCUT2D eigenvalue weighted by molar-refractivity contribution is 0.544. The zero-order valence-corrected chi connectivity index (χ0v) is 12.7. The largest absolute Gasteiger partial charge is 0.369 e. The summed E-state index contributed by atoms with van der Waals surface area (Å²) in [4.78, 5) is 10.9. The second-order valence-electron chi connectivity index (χ2n) is 4.92. The normalized spacial score (nSPS) is 15.9. The second-order valence-corrected chi connectivity index (χ2v) is 5.71. The first-order valence-corrected chi connectivity index (χ1v) is 7.47. The average molecular weight is 313 g/mol. The second kappa shape index (κ2) is 6.36. The zero-order valence-electron chi connectivity index (χ0n) is 11.1. The highest BCUT2D eigenvalue weighted by molar-refractivity contribution is 9.10. The molecule has 0 aromatic carbocycles. The molecule has 2 rings (SSSR count). The fourth-order valence-electron chi connectivity index (χ4n) is 2.58. The van der Waals surface area contributed by atoms with Crippen molar-refractivity contribution in [1.29, 1.82) is 0 Å². The van der Waals surface area contributed by atoms with Crippen molar-refractivity contribution in [3.05, 3.63) is 10.8 Å². The highest BCUT2D eigenvalue weighted by atomic mass is 79.9. The van der Waals surface area contributed by atoms with E-state index in [0.29, 0.717) is 0 Å². The van der Waals surface area contributed by atoms with Gasteiger partial charge in [-0.2, -0.15) is 0 Å². The Labute approximate surface area is 117 Å². The Balaban J connectivity index is 2.08. The van der Waals surface area contributed by atoms with Crippen LogP contribution in [0.15, 0.2) is 10.8 Å². The van der Waals surface area contributed by atoms with E-state index in [0.717, 1.165) is 35.1 Å². The van der Waals surface area contributed by atoms with Crippen molar-refractivity contribution >= 4 is 27.6 Å². The van der Waals surface area contributed by atoms with Gasteiger partial charge in [-0.05, 0) is 41.6 Å². The molecule has 0 saturated heterocycles. The summed E-state index contributed by atoms with van der Waals surface area (Å²) in [6, 6.07) is 0. The van der Waals surface area contributed by atoms with Gasteiger partial charge < -0.3 is 10.2 Å². The summed E-state index contributed by atoms with van der Waals surface area (Å²) in [5.74, 6) is 2.67. The van der Waals surface area contributed by atoms with Crippen LogP contribution in [-0.2, 0) is 0 Å². The maximum Gasteiger partial charge on any atom is 0.148 e. The van der Waals surface area contributed by atoms with Crippen LogP contribution in [-0.4, -0.2) is 30.1 Å². The van der Waals surface area contributed by atoms with Crippen LogP contribution in [0.25, 0.3) is 0 Å². The number of nitrogens with zero attached hydrogens (tertiary/aromatic N) is 3. The van der Waals surface area contributed by atoms with Gasteiger partial charge in [0.2, 0.25) is 0 Å². The molecule has 0 atom stereocenters. The monoisotopic (exact) mass is 312 g/mol. The lowest BCUT2D eigenvalue weighted by Crippen LogP contribution is -2.25. The SMILES string of the molecule is CCNc1ncnc(N(C)CC2CCCC2)c1Br. The van der Waals surface area contributed by atoms with Crippen molar-refractivity contribution in [2.24, 2.45) is 5.92 Å². The molecule has 1 aromatic rings. The minimum Gasteiger partial charge on any atom is -0.369 e. The number of hydrogen-bond donors (Lipinski definition) is 1. The molecule has 1 saturated carbocycles. The molecule has 0 radical (unpaired) electrons. The van der Waals surface area contributed by atoms with Crippen LogP contribution in [0.4, 0.5) is 11.6 Å². The van der Waals surface area contributed by atoms with Crippen molar-refractivity contribution in [2.75, 3.05) is 30.4 Å². The molecule has 100 valence electrons. The van der Waals surface area contributed by atoms with E-state index in [4.69, 9.17) is 0 Å². The van der Waals surface area contributed by atoms with Gasteiger partial charge in [-0.25, -0.2) is 9.97 Å². The third-order valence-corrected chi connectivity index (χ3v) is 4.21. The maximum absolute atomic E-state index is 4.39. The number of aromatic nitrogens is 2. The first kappa shape index (κ1) is 13.6. The highest BCUT2D eigenvalue weighted by Crippen LogP contribution is 2.31. The first-order valence-electron chi connectivity index (χ1n) is 6.68. The van der Waals surface area contributed by atoms with Crippen LogP contribution in [0, 0.1) is 5.92 Å². The molecule has 1 aliphatic carbocycles. The van der Waals surface area contributed by atoms with Gasteiger partial charge in [0.15, 0.2) is 0 Å². The molecule has 0 unspecified atom stereocenters. The molecule has 0 amide bonds. The van der Waals surface area contributed by atoms with Crippen LogP contribution >= 0.6 is 15.9 Å². The Hall–Kier alpha value is -0.840. The minimum absolute atomic E-state index is 0.819. The summed E-state index contributed by atoms with van der Waals surface area (Å²) >= 11 is 3.60. The molecule has 0 aliphatic heterocycles. The topological polar surface area (TPSA) is 41.1 Å². The summed E-state index contributed by atoms with van der Waals surface area (Å²) in [7, 11) is 2.11. The van der Waals surface area contributed by atoms with E-state index >= 15 is 0 Å². The van der Waals surface area contributed by atoms with E-state index in [1.54, 1.807) is 6.33 Å². The molecule has 0 spiro atoms. The Bertz CT molecular complexity index is 391. The molecular formula is C13H21BrN4. The van der Waals surface area contributed by atoms with Gasteiger partial charge >= 0.3 is 0 Å². The summed E-state index contributed by atoms with van der Waals surface area (Å²) in [6.45, 7) is 4.01. The van der Waals surface area contributed by atoms with Gasteiger partial charge in [-0.3, -0.25) is 0 Å². The van der Waals surface area contributed by atoms with Gasteiger partial charge in [0.05, 0.1) is 0 Å². The average Bonchev–Trinajstić information content (AvgIpc) is 2.85. The Morgan fingerprint density at radius 2 is 2.11 bits per heavy atom. The minimum atomic E-state index is 0.819. The molecule has 5 heteroatoms. The lowest BCUT2D eigenvalue weighted by Gasteiger charge is -2.23. The van der Waals surface area contributed by atoms with Gasteiger partial charge in [-0.15, -0.1) is 0 Å². The van der Waals surface area contributed by atoms with Crippen molar-refractivity contribution in [3.63, 3.8) is 0 Å². The molecule has 1 heterocycles. The van der Waals surface area contributed by atoms with E-state index in [-0.39, 0.29) is 0 Å². The number of anilines is 2. The molecule has 4 nitrogen and oxygen atoms in total. The molecule has 0 bridgehead atoms. The molecule has 18 heavy (non-hydrogen) atoms. The van der Waals surface area contributed by atoms with Gasteiger partial charge in [0.25, 0.3) is 0 Å². The maximum atomic E-state index is 4.39. The van der Waals surface area contributed by atoms with Crippen molar-refractivity contribution in [3.8, 4) is 0 Å². The molecular weight excluding hydrogens is 292 g/mol. The fraction of sp³-hybridized carbons (Fsp3) is 0.692. The third-order valence-electron chi connectivity index (χ3n) is 3.48. The molecule has 1 aromatic heterocycles. The van der Waals surface area contributed by atoms with E-state index < -0.39 is 0 Å². The zero-order chi connectivity index (χ0) is 13.0. The number of nitrogens with one attached hydrogen (secondary N) is 1. The Morgan fingerprint density at radius 1 is 1.39 bits per heavy atom. The predicted molar refractivity (Wildman–Crippen MR) is 79.1 cm³/mol. The van der Waals surface area contributed by atoms with Gasteiger partial charge in [-0.1, -0.05) is 12.8 Å². The van der Waals surface area contributed by atoms with Crippen molar-refractivity contribution in [1.82, 2.24) is 9.97 Å². The quantitative estimate of drug-likeness (QED) is 0.905. The predicted octanol–water partition coefficient (Wildman–Crippen LogP) is 3.30. The number of halogens is 1. The number of rotatable bonds is 5. The van der Waals surface area contributed by atoms with Gasteiger partial charge in [0.1, 0.15) is 22.4 Å². The first-order chi connectivity index (χ1) is 8.72. The van der Waals surface area contributed by atoms with Crippen molar-refractivity contribution in [2.45, 2.75) is 32.6 Å². The van der Waals surface area contributed by atoms with Crippen LogP contribution in [0.1, 0.15) is 32.6 Å². The van der Waals surface area contributed by atoms with Gasteiger partial charge in [0, 0.05) is 20.1 Å². The summed E-state index contributed by atoms with van der Waals surface area (Å²) in [5.41, 5.74) is 0. The molecule has 1 aliphatic rings. The Morgan fingerprint density at radius 3 is 2.78 bits per heavy atom. The van der Waals surface area contributed by atoms with Crippen LogP contribution in [0.5, 0.6) is 0 Å². The van der Waals surface area contributed by atoms with E-state index in [1.807, 2.05) is 0 Å². The lowest BCUT2D eigenvalue weighted by atomic mass is 10.1. The van der Waals surface area contributed by atoms with E-state index in [1.165, 1.54) is 25.7 Å². The molecule has 1 N–H and O–H groups in total. The smallest absolute Gasteiger partial charge is 0.148 e. The highest BCUT2D eigenvalue weighted by Gasteiger charge is 2.19. The van der Waals surface area contributed by atoms with E-state index in [9.17, 15) is 0 Å². The fourth-order valence-corrected chi connectivity index (χ4v) is 3.23. The third kappa shape index (κ3) is 3.13. The van der Waals surface area contributed by atoms with Crippen molar-refractivity contribution < 1.29 is 0 Å². The van der Waals surface area contributed by atoms with Crippen LogP contribution in [0.2, 0.25) is 0 Å². The standard InChI is InChI=1S/C13H21BrN4/c1-3-15-12-11(14)13(17-9-16-12)18(2)8-10-6-4-5-7-10/h9-10H,3-8H2,1-2H3,(H,15,16,17). The summed E-state index contributed by atoms with van der Waals surface area (Å²) in [5, 5.41) is 3.24. The van der Waals surface area contributed by atoms with E-state index in [2.05, 4.69) is 50.1 Å². The van der Waals surface area contributed by atoms with Crippen LogP contribution in [0.3, 0.4) is 0 Å². The Kier molecular flexibility index (Phi) is 4.80. The summed E-state index contributed by atoms with van der Waals surface area (Å²) < 4.78 is 0.965. The molecule has 1 fully saturated rings. The van der Waals surface area contributed by atoms with Crippen LogP contribution < -0.4 is 10.2 Å². The number of hydrogen-bond acceptors (Lipinski definition) is 4.